The van der Waals surface area contributed by atoms with Gasteiger partial charge in [0.1, 0.15) is 6.04 Å². The predicted molar refractivity (Wildman–Crippen MR) is 108 cm³/mol. The lowest BCUT2D eigenvalue weighted by molar-refractivity contribution is -0.145. The summed E-state index contributed by atoms with van der Waals surface area (Å²) in [6, 6.07) is 7.36. The van der Waals surface area contributed by atoms with Gasteiger partial charge in [0.25, 0.3) is 0 Å². The van der Waals surface area contributed by atoms with Gasteiger partial charge < -0.3 is 10.1 Å². The van der Waals surface area contributed by atoms with E-state index in [1.807, 2.05) is 18.2 Å². The van der Waals surface area contributed by atoms with Crippen molar-refractivity contribution in [2.75, 3.05) is 12.9 Å². The molecule has 0 unspecified atom stereocenters. The van der Waals surface area contributed by atoms with Crippen LogP contribution in [0.25, 0.3) is 0 Å². The fourth-order valence-electron chi connectivity index (χ4n) is 3.41. The number of thioether (sulfide) groups is 1. The van der Waals surface area contributed by atoms with Crippen LogP contribution in [0.1, 0.15) is 50.2 Å². The maximum absolute atomic E-state index is 12.8. The number of ether oxygens (including phenoxy) is 1. The molecule has 148 valence electrons. The van der Waals surface area contributed by atoms with E-state index >= 15 is 0 Å². The third kappa shape index (κ3) is 7.01. The van der Waals surface area contributed by atoms with E-state index in [0.29, 0.717) is 12.2 Å². The summed E-state index contributed by atoms with van der Waals surface area (Å²) in [7, 11) is 1.34. The molecule has 0 aromatic heterocycles. The van der Waals surface area contributed by atoms with Crippen LogP contribution >= 0.6 is 11.8 Å². The van der Waals surface area contributed by atoms with Gasteiger partial charge >= 0.3 is 5.97 Å². The molecule has 1 aromatic carbocycles. The van der Waals surface area contributed by atoms with E-state index in [1.165, 1.54) is 31.4 Å². The molecule has 2 rings (SSSR count). The van der Waals surface area contributed by atoms with Gasteiger partial charge in [-0.25, -0.2) is 4.79 Å². The highest BCUT2D eigenvalue weighted by atomic mass is 32.2. The highest BCUT2D eigenvalue weighted by Crippen LogP contribution is 2.21. The van der Waals surface area contributed by atoms with Crippen molar-refractivity contribution >= 4 is 28.8 Å². The molecule has 1 N–H and O–H groups in total. The molecule has 1 aliphatic heterocycles. The summed E-state index contributed by atoms with van der Waals surface area (Å²) in [5.41, 5.74) is 2.30. The van der Waals surface area contributed by atoms with Gasteiger partial charge in [-0.2, -0.15) is 0 Å². The standard InChI is InChI=1S/C21H29NO4S/c1-15(23)27-14-18-12-6-4-3-5-9-16-10-7-8-11-17(16)13-19(21(25)26-2)22-20(18)24/h7-8,10-11,18-19H,3-6,9,12-14H2,1-2H3,(H,22,24)/t18-,19+/m1/s1. The summed E-state index contributed by atoms with van der Waals surface area (Å²) in [5.74, 6) is -0.435. The quantitative estimate of drug-likeness (QED) is 0.801. The first kappa shape index (κ1) is 21.5. The monoisotopic (exact) mass is 391 g/mol. The molecule has 6 heteroatoms. The van der Waals surface area contributed by atoms with Gasteiger partial charge in [-0.3, -0.25) is 9.59 Å². The predicted octanol–water partition coefficient (Wildman–Crippen LogP) is 3.29. The number of carbonyl (C=O) groups is 3. The fraction of sp³-hybridized carbons (Fsp3) is 0.571. The molecule has 1 aromatic rings. The normalized spacial score (nSPS) is 21.6. The lowest BCUT2D eigenvalue weighted by Crippen LogP contribution is -2.46. The van der Waals surface area contributed by atoms with Gasteiger partial charge in [0, 0.05) is 25.0 Å². The second kappa shape index (κ2) is 11.1. The van der Waals surface area contributed by atoms with Crippen molar-refractivity contribution in [1.29, 1.82) is 0 Å². The second-order valence-corrected chi connectivity index (χ2v) is 8.21. The molecule has 2 atom stereocenters. The van der Waals surface area contributed by atoms with E-state index in [1.54, 1.807) is 0 Å². The van der Waals surface area contributed by atoms with Crippen LogP contribution in [0.3, 0.4) is 0 Å². The number of esters is 1. The zero-order valence-electron chi connectivity index (χ0n) is 16.2. The van der Waals surface area contributed by atoms with Crippen LogP contribution in [-0.2, 0) is 32.0 Å². The summed E-state index contributed by atoms with van der Waals surface area (Å²) >= 11 is 1.17. The van der Waals surface area contributed by atoms with Gasteiger partial charge in [0.15, 0.2) is 5.12 Å². The second-order valence-electron chi connectivity index (χ2n) is 7.01. The number of fused-ring (bicyclic) bond motifs is 1. The molecule has 0 saturated carbocycles. The van der Waals surface area contributed by atoms with Crippen LogP contribution in [0, 0.1) is 5.92 Å². The van der Waals surface area contributed by atoms with Crippen LogP contribution in [-0.4, -0.2) is 35.9 Å². The van der Waals surface area contributed by atoms with Crippen molar-refractivity contribution in [3.63, 3.8) is 0 Å². The molecule has 0 spiro atoms. The summed E-state index contributed by atoms with van der Waals surface area (Å²) in [4.78, 5) is 36.4. The van der Waals surface area contributed by atoms with Gasteiger partial charge in [0.2, 0.25) is 5.91 Å². The number of amides is 1. The van der Waals surface area contributed by atoms with Gasteiger partial charge in [-0.1, -0.05) is 55.3 Å². The zero-order valence-corrected chi connectivity index (χ0v) is 17.0. The summed E-state index contributed by atoms with van der Waals surface area (Å²) in [5, 5.41) is 2.89. The summed E-state index contributed by atoms with van der Waals surface area (Å²) in [6.07, 6.45) is 6.34. The van der Waals surface area contributed by atoms with Crippen LogP contribution in [0.4, 0.5) is 0 Å². The Labute approximate surface area is 165 Å². The maximum atomic E-state index is 12.8. The Balaban J connectivity index is 2.23. The molecule has 0 fully saturated rings. The molecule has 0 aliphatic carbocycles. The average molecular weight is 392 g/mol. The van der Waals surface area contributed by atoms with Crippen molar-refractivity contribution in [2.45, 2.75) is 57.9 Å². The minimum atomic E-state index is -0.714. The number of rotatable bonds is 3. The van der Waals surface area contributed by atoms with Crippen molar-refractivity contribution < 1.29 is 19.1 Å². The van der Waals surface area contributed by atoms with E-state index < -0.39 is 12.0 Å². The lowest BCUT2D eigenvalue weighted by Gasteiger charge is -2.21. The first-order chi connectivity index (χ1) is 13.0. The Hall–Kier alpha value is -1.82. The fourth-order valence-corrected chi connectivity index (χ4v) is 4.17. The Kier molecular flexibility index (Phi) is 8.85. The Morgan fingerprint density at radius 3 is 2.56 bits per heavy atom. The van der Waals surface area contributed by atoms with E-state index in [4.69, 9.17) is 4.74 Å². The van der Waals surface area contributed by atoms with Crippen molar-refractivity contribution in [2.24, 2.45) is 5.92 Å². The van der Waals surface area contributed by atoms with Crippen LogP contribution in [0.15, 0.2) is 24.3 Å². The smallest absolute Gasteiger partial charge is 0.328 e. The van der Waals surface area contributed by atoms with Gasteiger partial charge in [0.05, 0.1) is 7.11 Å². The number of aryl methyl sites for hydroxylation is 1. The Bertz CT molecular complexity index is 661. The first-order valence-corrected chi connectivity index (χ1v) is 10.6. The third-order valence-electron chi connectivity index (χ3n) is 4.95. The molecule has 5 nitrogen and oxygen atoms in total. The van der Waals surface area contributed by atoms with E-state index in [2.05, 4.69) is 11.4 Å². The minimum Gasteiger partial charge on any atom is -0.467 e. The Morgan fingerprint density at radius 1 is 1.15 bits per heavy atom. The molecule has 1 heterocycles. The van der Waals surface area contributed by atoms with Gasteiger partial charge in [-0.15, -0.1) is 0 Å². The topological polar surface area (TPSA) is 72.5 Å². The van der Waals surface area contributed by atoms with Crippen molar-refractivity contribution in [3.8, 4) is 0 Å². The largest absolute Gasteiger partial charge is 0.467 e. The van der Waals surface area contributed by atoms with E-state index in [0.717, 1.165) is 44.1 Å². The number of methoxy groups -OCH3 is 1. The van der Waals surface area contributed by atoms with Crippen LogP contribution < -0.4 is 5.32 Å². The average Bonchev–Trinajstić information content (AvgIpc) is 2.66. The molecule has 0 saturated heterocycles. The summed E-state index contributed by atoms with van der Waals surface area (Å²) in [6.45, 7) is 1.51. The van der Waals surface area contributed by atoms with Crippen LogP contribution in [0.2, 0.25) is 0 Å². The lowest BCUT2D eigenvalue weighted by atomic mass is 9.96. The van der Waals surface area contributed by atoms with Gasteiger partial charge in [-0.05, 0) is 30.4 Å². The first-order valence-electron chi connectivity index (χ1n) is 9.59. The number of hydrogen-bond donors (Lipinski definition) is 1. The SMILES string of the molecule is COC(=O)[C@@H]1Cc2ccccc2CCCCCC[C@H](CSC(C)=O)C(=O)N1. The van der Waals surface area contributed by atoms with Crippen molar-refractivity contribution in [3.05, 3.63) is 35.4 Å². The highest BCUT2D eigenvalue weighted by molar-refractivity contribution is 8.13. The maximum Gasteiger partial charge on any atom is 0.328 e. The summed E-state index contributed by atoms with van der Waals surface area (Å²) < 4.78 is 4.92. The Morgan fingerprint density at radius 2 is 1.85 bits per heavy atom. The number of nitrogens with one attached hydrogen (secondary N) is 1. The number of benzene rings is 1. The number of carbonyl (C=O) groups excluding carboxylic acids is 3. The highest BCUT2D eigenvalue weighted by Gasteiger charge is 2.27. The van der Waals surface area contributed by atoms with Crippen LogP contribution in [0.5, 0.6) is 0 Å². The third-order valence-corrected chi connectivity index (χ3v) is 5.93. The van der Waals surface area contributed by atoms with E-state index in [9.17, 15) is 14.4 Å². The van der Waals surface area contributed by atoms with E-state index in [-0.39, 0.29) is 16.9 Å². The molecule has 0 bridgehead atoms. The molecule has 1 amide bonds. The molecular weight excluding hydrogens is 362 g/mol. The molecular formula is C21H29NO4S. The minimum absolute atomic E-state index is 0.00385. The molecule has 27 heavy (non-hydrogen) atoms. The zero-order chi connectivity index (χ0) is 19.6. The molecule has 1 aliphatic rings. The number of hydrogen-bond acceptors (Lipinski definition) is 5. The van der Waals surface area contributed by atoms with Crippen molar-refractivity contribution in [1.82, 2.24) is 5.32 Å². The molecule has 0 radical (unpaired) electrons.